The number of rotatable bonds is 14. The average Bonchev–Trinajstić information content (AvgIpc) is 0.776. The Balaban J connectivity index is 0.949. The maximum atomic E-state index is 2.56. The van der Waals surface area contributed by atoms with Crippen molar-refractivity contribution >= 4 is 95.8 Å². The van der Waals surface area contributed by atoms with Crippen molar-refractivity contribution in [1.29, 1.82) is 0 Å². The first-order valence-corrected chi connectivity index (χ1v) is 30.9. The van der Waals surface area contributed by atoms with Crippen molar-refractivity contribution < 1.29 is 0 Å². The molecule has 420 valence electrons. The Morgan fingerprint density at radius 1 is 0.310 bits per heavy atom. The zero-order valence-corrected chi connectivity index (χ0v) is 50.4. The summed E-state index contributed by atoms with van der Waals surface area (Å²) in [4.78, 5) is 7.35. The van der Waals surface area contributed by atoms with Gasteiger partial charge in [0.15, 0.2) is 0 Å². The van der Waals surface area contributed by atoms with E-state index in [1.807, 2.05) is 0 Å². The summed E-state index contributed by atoms with van der Waals surface area (Å²) >= 11 is 0. The third kappa shape index (κ3) is 10.3. The van der Waals surface area contributed by atoms with Gasteiger partial charge in [-0.15, -0.1) is 0 Å². The molecule has 1 heterocycles. The molecule has 0 N–H and O–H groups in total. The summed E-state index contributed by atoms with van der Waals surface area (Å²) in [5, 5.41) is 4.80. The van der Waals surface area contributed by atoms with Gasteiger partial charge < -0.3 is 14.7 Å². The minimum absolute atomic E-state index is 0.0385. The second kappa shape index (κ2) is 23.4. The first-order valence-electron chi connectivity index (χ1n) is 30.9. The van der Waals surface area contributed by atoms with Gasteiger partial charge in [-0.05, 0) is 174 Å². The van der Waals surface area contributed by atoms with E-state index in [1.54, 1.807) is 0 Å². The second-order valence-electron chi connectivity index (χ2n) is 24.2. The summed E-state index contributed by atoms with van der Waals surface area (Å²) in [5.41, 5.74) is 25.6. The summed E-state index contributed by atoms with van der Waals surface area (Å²) in [6.45, 7) is 14.2. The minimum atomic E-state index is -0.0385. The van der Waals surface area contributed by atoms with Crippen LogP contribution in [0, 0.1) is 0 Å². The van der Waals surface area contributed by atoms with Gasteiger partial charge in [0.1, 0.15) is 0 Å². The molecular weight excluding hydrogens is 1050 g/mol. The van der Waals surface area contributed by atoms with Crippen LogP contribution < -0.4 is 31.1 Å². The van der Waals surface area contributed by atoms with Crippen molar-refractivity contribution in [2.24, 2.45) is 0 Å². The predicted octanol–water partition coefficient (Wildman–Crippen LogP) is 21.6. The maximum Gasteiger partial charge on any atom is 0.247 e. The molecule has 0 unspecified atom stereocenters. The number of hydrogen-bond acceptors (Lipinski definition) is 3. The largest absolute Gasteiger partial charge is 0.311 e. The highest BCUT2D eigenvalue weighted by Gasteiger charge is 2.39. The summed E-state index contributed by atoms with van der Waals surface area (Å²) in [6, 6.07) is 110. The third-order valence-corrected chi connectivity index (χ3v) is 17.8. The van der Waals surface area contributed by atoms with Gasteiger partial charge >= 0.3 is 0 Å². The normalized spacial score (nSPS) is 12.1. The summed E-state index contributed by atoms with van der Waals surface area (Å²) in [7, 11) is 0. The molecule has 87 heavy (non-hydrogen) atoms. The molecule has 0 bridgehead atoms. The molecule has 1 aliphatic rings. The average molecular weight is 1120 g/mol. The van der Waals surface area contributed by atoms with Crippen LogP contribution in [0.1, 0.15) is 76.0 Å². The van der Waals surface area contributed by atoms with E-state index < -0.39 is 0 Å². The monoisotopic (exact) mass is 1120 g/mol. The molecule has 1 aliphatic heterocycles. The van der Waals surface area contributed by atoms with E-state index in [1.165, 1.54) is 93.8 Å². The molecule has 0 fully saturated rings. The molecular formula is C83H70BN3. The Morgan fingerprint density at radius 3 is 1.30 bits per heavy atom. The highest BCUT2D eigenvalue weighted by atomic mass is 15.2. The lowest BCUT2D eigenvalue weighted by Crippen LogP contribution is -2.59. The van der Waals surface area contributed by atoms with Crippen molar-refractivity contribution in [2.45, 2.75) is 59.3 Å². The Hall–Kier alpha value is -10.2. The van der Waals surface area contributed by atoms with Crippen molar-refractivity contribution in [2.75, 3.05) is 14.7 Å². The number of fused-ring (bicyclic) bond motifs is 4. The molecule has 0 atom stereocenters. The number of anilines is 9. The van der Waals surface area contributed by atoms with Crippen LogP contribution in [-0.2, 0) is 0 Å². The molecule has 0 aliphatic carbocycles. The summed E-state index contributed by atoms with van der Waals surface area (Å²) in [5.74, 6) is 1.01. The van der Waals surface area contributed by atoms with Crippen molar-refractivity contribution in [3.63, 3.8) is 0 Å². The molecule has 0 spiro atoms. The number of benzene rings is 13. The quantitative estimate of drug-likeness (QED) is 0.101. The number of hydrogen-bond donors (Lipinski definition) is 0. The van der Waals surface area contributed by atoms with E-state index >= 15 is 0 Å². The van der Waals surface area contributed by atoms with E-state index in [0.717, 1.165) is 45.4 Å². The first-order chi connectivity index (χ1) is 42.7. The minimum Gasteiger partial charge on any atom is -0.311 e. The maximum absolute atomic E-state index is 2.56. The fourth-order valence-corrected chi connectivity index (χ4v) is 13.5. The van der Waals surface area contributed by atoms with Gasteiger partial charge in [-0.3, -0.25) is 0 Å². The summed E-state index contributed by atoms with van der Waals surface area (Å²) < 4.78 is 0. The van der Waals surface area contributed by atoms with E-state index in [2.05, 4.69) is 353 Å². The Morgan fingerprint density at radius 2 is 0.736 bits per heavy atom. The van der Waals surface area contributed by atoms with Crippen LogP contribution in [0.15, 0.2) is 297 Å². The molecule has 14 rings (SSSR count). The Labute approximate surface area is 514 Å². The molecule has 13 aromatic carbocycles. The lowest BCUT2D eigenvalue weighted by atomic mass is 9.33. The fraction of sp³-hybridized carbons (Fsp3) is 0.108. The van der Waals surface area contributed by atoms with Gasteiger partial charge in [0, 0.05) is 50.6 Å². The third-order valence-electron chi connectivity index (χ3n) is 17.8. The van der Waals surface area contributed by atoms with E-state index in [0.29, 0.717) is 17.8 Å². The van der Waals surface area contributed by atoms with Crippen molar-refractivity contribution in [1.82, 2.24) is 0 Å². The van der Waals surface area contributed by atoms with Crippen LogP contribution >= 0.6 is 0 Å². The summed E-state index contributed by atoms with van der Waals surface area (Å²) in [6.07, 6.45) is 0. The van der Waals surface area contributed by atoms with E-state index in [-0.39, 0.29) is 6.71 Å². The number of para-hydroxylation sites is 3. The van der Waals surface area contributed by atoms with Crippen LogP contribution in [0.25, 0.3) is 54.9 Å². The topological polar surface area (TPSA) is 9.72 Å². The van der Waals surface area contributed by atoms with E-state index in [4.69, 9.17) is 0 Å². The zero-order valence-electron chi connectivity index (χ0n) is 50.4. The predicted molar refractivity (Wildman–Crippen MR) is 375 cm³/mol. The van der Waals surface area contributed by atoms with Crippen LogP contribution in [0.3, 0.4) is 0 Å². The molecule has 0 saturated heterocycles. The van der Waals surface area contributed by atoms with Gasteiger partial charge in [-0.2, -0.15) is 0 Å². The van der Waals surface area contributed by atoms with E-state index in [9.17, 15) is 0 Å². The van der Waals surface area contributed by atoms with Gasteiger partial charge in [0.25, 0.3) is 0 Å². The molecule has 0 amide bonds. The zero-order chi connectivity index (χ0) is 59.1. The van der Waals surface area contributed by atoms with Gasteiger partial charge in [-0.1, -0.05) is 259 Å². The van der Waals surface area contributed by atoms with Gasteiger partial charge in [0.05, 0.1) is 11.4 Å². The van der Waals surface area contributed by atoms with Gasteiger partial charge in [0.2, 0.25) is 6.71 Å². The van der Waals surface area contributed by atoms with Crippen LogP contribution in [0.2, 0.25) is 0 Å². The second-order valence-corrected chi connectivity index (χ2v) is 24.2. The molecule has 0 radical (unpaired) electrons. The molecule has 13 aromatic rings. The molecule has 3 nitrogen and oxygen atoms in total. The fourth-order valence-electron chi connectivity index (χ4n) is 13.5. The molecule has 0 aromatic heterocycles. The Kier molecular flexibility index (Phi) is 14.7. The highest BCUT2D eigenvalue weighted by molar-refractivity contribution is 6.98. The lowest BCUT2D eigenvalue weighted by molar-refractivity contribution is 0.812. The lowest BCUT2D eigenvalue weighted by Gasteiger charge is -2.39. The smallest absolute Gasteiger partial charge is 0.247 e. The molecule has 0 saturated carbocycles. The standard InChI is InChI=1S/C83H70BN3/c1-56(2)65-52-75(57(3)4)83(76(53-65)58(5)6)84-77-49-42-63(61-40-46-69(47-41-61)85(66-28-13-8-14-29-66)79-37-23-27-62-26-19-20-34-72(62)79)54-81(77)87(68-32-17-10-18-33-68)82-55-64(43-50-78(82)84)71-48-51-80(74-36-22-21-35-73(71)74)86(67-30-15-9-16-31-67)70-44-38-60(39-45-70)59-24-11-7-12-25-59/h7-58H,1-6H3. The van der Waals surface area contributed by atoms with Crippen LogP contribution in [0.4, 0.5) is 51.2 Å². The Bertz CT molecular complexity index is 4560. The van der Waals surface area contributed by atoms with Crippen LogP contribution in [0.5, 0.6) is 0 Å². The van der Waals surface area contributed by atoms with Gasteiger partial charge in [-0.25, -0.2) is 0 Å². The first kappa shape index (κ1) is 54.8. The van der Waals surface area contributed by atoms with Crippen molar-refractivity contribution in [3.05, 3.63) is 314 Å². The van der Waals surface area contributed by atoms with Crippen molar-refractivity contribution in [3.8, 4) is 33.4 Å². The van der Waals surface area contributed by atoms with Crippen LogP contribution in [-0.4, -0.2) is 6.71 Å². The number of nitrogens with zero attached hydrogens (tertiary/aromatic N) is 3. The highest BCUT2D eigenvalue weighted by Crippen LogP contribution is 2.46. The molecule has 4 heteroatoms. The SMILES string of the molecule is CC(C)c1cc(C(C)C)c(B2c3ccc(-c4ccc(N(c5ccccc5)c5cccc6ccccc56)cc4)cc3N(c3ccccc3)c3cc(-c4ccc(N(c5ccccc5)c5ccc(-c6ccccc6)cc5)c5ccccc45)ccc32)c(C(C)C)c1.